The number of hydrogen-bond donors (Lipinski definition) is 0. The van der Waals surface area contributed by atoms with E-state index in [-0.39, 0.29) is 12.1 Å². The summed E-state index contributed by atoms with van der Waals surface area (Å²) in [7, 11) is 0. The fourth-order valence-corrected chi connectivity index (χ4v) is 2.85. The van der Waals surface area contributed by atoms with E-state index < -0.39 is 5.97 Å². The number of ether oxygens (including phenoxy) is 1. The van der Waals surface area contributed by atoms with Gasteiger partial charge in [0.15, 0.2) is 0 Å². The van der Waals surface area contributed by atoms with Gasteiger partial charge >= 0.3 is 5.97 Å². The largest absolute Gasteiger partial charge is 0.464 e. The van der Waals surface area contributed by atoms with Gasteiger partial charge in [0, 0.05) is 0 Å². The number of fused-ring (bicyclic) bond motifs is 1. The maximum Gasteiger partial charge on any atom is 0.326 e. The van der Waals surface area contributed by atoms with E-state index in [0.29, 0.717) is 23.4 Å². The first-order chi connectivity index (χ1) is 11.1. The van der Waals surface area contributed by atoms with E-state index in [0.717, 1.165) is 24.8 Å². The van der Waals surface area contributed by atoms with Gasteiger partial charge in [-0.3, -0.25) is 14.2 Å². The number of hydrogen-bond acceptors (Lipinski definition) is 4. The zero-order chi connectivity index (χ0) is 16.2. The molecule has 0 N–H and O–H groups in total. The smallest absolute Gasteiger partial charge is 0.326 e. The summed E-state index contributed by atoms with van der Waals surface area (Å²) in [5.41, 5.74) is 1.41. The van der Waals surface area contributed by atoms with Crippen molar-refractivity contribution in [2.45, 2.75) is 32.7 Å². The van der Waals surface area contributed by atoms with Crippen LogP contribution in [0, 0.1) is 12.8 Å². The molecular formula is C18H20N2O3. The zero-order valence-electron chi connectivity index (χ0n) is 13.2. The third-order valence-corrected chi connectivity index (χ3v) is 4.21. The van der Waals surface area contributed by atoms with Gasteiger partial charge in [-0.05, 0) is 43.7 Å². The van der Waals surface area contributed by atoms with Gasteiger partial charge in [0.1, 0.15) is 6.54 Å². The first-order valence-corrected chi connectivity index (χ1v) is 7.90. The number of para-hydroxylation sites is 1. The van der Waals surface area contributed by atoms with Crippen LogP contribution in [-0.4, -0.2) is 22.1 Å². The summed E-state index contributed by atoms with van der Waals surface area (Å²) < 4.78 is 6.63. The molecule has 1 unspecified atom stereocenters. The molecule has 0 saturated heterocycles. The number of esters is 1. The summed E-state index contributed by atoms with van der Waals surface area (Å²) in [5, 5.41) is 0.526. The van der Waals surface area contributed by atoms with E-state index in [9.17, 15) is 9.59 Å². The lowest BCUT2D eigenvalue weighted by molar-refractivity contribution is -0.145. The Bertz CT molecular complexity index is 808. The van der Waals surface area contributed by atoms with Crippen molar-refractivity contribution < 1.29 is 9.53 Å². The topological polar surface area (TPSA) is 61.2 Å². The van der Waals surface area contributed by atoms with Crippen molar-refractivity contribution in [1.29, 1.82) is 0 Å². The highest BCUT2D eigenvalue weighted by molar-refractivity contribution is 5.80. The van der Waals surface area contributed by atoms with Gasteiger partial charge in [0.2, 0.25) is 0 Å². The second-order valence-corrected chi connectivity index (χ2v) is 5.98. The minimum Gasteiger partial charge on any atom is -0.464 e. The number of aryl methyl sites for hydroxylation is 1. The quantitative estimate of drug-likeness (QED) is 0.643. The van der Waals surface area contributed by atoms with Crippen LogP contribution < -0.4 is 5.56 Å². The van der Waals surface area contributed by atoms with Crippen molar-refractivity contribution in [3.63, 3.8) is 0 Å². The number of allylic oxidation sites excluding steroid dienone is 2. The van der Waals surface area contributed by atoms with Crippen molar-refractivity contribution in [1.82, 2.24) is 9.55 Å². The predicted molar refractivity (Wildman–Crippen MR) is 88.2 cm³/mol. The lowest BCUT2D eigenvalue weighted by Gasteiger charge is -2.17. The number of rotatable bonds is 4. The number of carbonyl (C=O) groups excluding carboxylic acids is 1. The molecule has 3 rings (SSSR count). The second kappa shape index (κ2) is 6.77. The third kappa shape index (κ3) is 3.50. The number of aromatic nitrogens is 2. The summed E-state index contributed by atoms with van der Waals surface area (Å²) in [5.74, 6) is -0.00601. The van der Waals surface area contributed by atoms with E-state index in [4.69, 9.17) is 4.74 Å². The molecule has 5 heteroatoms. The Morgan fingerprint density at radius 2 is 2.26 bits per heavy atom. The van der Waals surface area contributed by atoms with Crippen molar-refractivity contribution in [2.24, 2.45) is 5.92 Å². The van der Waals surface area contributed by atoms with Gasteiger partial charge in [-0.2, -0.15) is 0 Å². The molecule has 0 bridgehead atoms. The monoisotopic (exact) mass is 312 g/mol. The Morgan fingerprint density at radius 3 is 3.04 bits per heavy atom. The van der Waals surface area contributed by atoms with Crippen LogP contribution in [-0.2, 0) is 16.1 Å². The second-order valence-electron chi connectivity index (χ2n) is 5.98. The van der Waals surface area contributed by atoms with Gasteiger partial charge < -0.3 is 4.74 Å². The Morgan fingerprint density at radius 1 is 1.39 bits per heavy atom. The van der Waals surface area contributed by atoms with Crippen LogP contribution in [0.5, 0.6) is 0 Å². The number of benzene rings is 1. The minimum atomic E-state index is -0.393. The molecule has 1 aliphatic carbocycles. The van der Waals surface area contributed by atoms with Gasteiger partial charge in [-0.1, -0.05) is 24.3 Å². The molecule has 1 aromatic carbocycles. The van der Waals surface area contributed by atoms with Gasteiger partial charge in [0.05, 0.1) is 23.8 Å². The third-order valence-electron chi connectivity index (χ3n) is 4.21. The van der Waals surface area contributed by atoms with E-state index in [1.54, 1.807) is 6.07 Å². The van der Waals surface area contributed by atoms with Crippen LogP contribution in [0.15, 0.2) is 41.5 Å². The molecule has 0 aliphatic heterocycles. The number of nitrogens with zero attached hydrogens (tertiary/aromatic N) is 2. The van der Waals surface area contributed by atoms with E-state index in [1.807, 2.05) is 19.1 Å². The highest BCUT2D eigenvalue weighted by atomic mass is 16.5. The van der Waals surface area contributed by atoms with E-state index in [1.165, 1.54) is 10.9 Å². The van der Waals surface area contributed by atoms with Crippen molar-refractivity contribution in [3.05, 3.63) is 52.6 Å². The number of carbonyl (C=O) groups is 1. The van der Waals surface area contributed by atoms with Crippen LogP contribution in [0.3, 0.4) is 0 Å². The Kier molecular flexibility index (Phi) is 4.55. The molecule has 1 aromatic heterocycles. The van der Waals surface area contributed by atoms with Crippen molar-refractivity contribution >= 4 is 16.9 Å². The molecule has 5 nitrogen and oxygen atoms in total. The Hall–Kier alpha value is -2.43. The fourth-order valence-electron chi connectivity index (χ4n) is 2.85. The Balaban J connectivity index is 1.69. The Labute approximate surface area is 134 Å². The zero-order valence-corrected chi connectivity index (χ0v) is 13.2. The average molecular weight is 312 g/mol. The highest BCUT2D eigenvalue weighted by Crippen LogP contribution is 2.18. The SMILES string of the molecule is Cc1cccc2c(=O)n(CC(=O)OCC3CC=CCC3)cnc12. The molecule has 0 amide bonds. The minimum absolute atomic E-state index is 0.0989. The van der Waals surface area contributed by atoms with Gasteiger partial charge in [0.25, 0.3) is 5.56 Å². The molecule has 120 valence electrons. The molecule has 0 saturated carbocycles. The predicted octanol–water partition coefficient (Wildman–Crippen LogP) is 2.60. The summed E-state index contributed by atoms with van der Waals surface area (Å²) >= 11 is 0. The first-order valence-electron chi connectivity index (χ1n) is 7.90. The molecule has 23 heavy (non-hydrogen) atoms. The lowest BCUT2D eigenvalue weighted by atomic mass is 9.95. The fraction of sp³-hybridized carbons (Fsp3) is 0.389. The summed E-state index contributed by atoms with van der Waals surface area (Å²) in [6.45, 7) is 2.22. The molecule has 0 fully saturated rings. The van der Waals surface area contributed by atoms with Crippen LogP contribution in [0.4, 0.5) is 0 Å². The van der Waals surface area contributed by atoms with Crippen molar-refractivity contribution in [3.8, 4) is 0 Å². The highest BCUT2D eigenvalue weighted by Gasteiger charge is 2.14. The van der Waals surface area contributed by atoms with Gasteiger partial charge in [-0.25, -0.2) is 4.98 Å². The molecule has 1 atom stereocenters. The average Bonchev–Trinajstić information content (AvgIpc) is 2.57. The van der Waals surface area contributed by atoms with Crippen LogP contribution in [0.2, 0.25) is 0 Å². The van der Waals surface area contributed by atoms with Crippen molar-refractivity contribution in [2.75, 3.05) is 6.61 Å². The van der Waals surface area contributed by atoms with E-state index in [2.05, 4.69) is 17.1 Å². The van der Waals surface area contributed by atoms with Gasteiger partial charge in [-0.15, -0.1) is 0 Å². The standard InChI is InChI=1S/C18H20N2O3/c1-13-6-5-9-15-17(13)19-12-20(18(15)22)10-16(21)23-11-14-7-3-2-4-8-14/h2-3,5-6,9,12,14H,4,7-8,10-11H2,1H3. The summed E-state index contributed by atoms with van der Waals surface area (Å²) in [6, 6.07) is 5.46. The van der Waals surface area contributed by atoms with Crippen LogP contribution >= 0.6 is 0 Å². The maximum absolute atomic E-state index is 12.4. The summed E-state index contributed by atoms with van der Waals surface area (Å²) in [6.07, 6.45) is 8.73. The molecule has 1 heterocycles. The lowest BCUT2D eigenvalue weighted by Crippen LogP contribution is -2.27. The van der Waals surface area contributed by atoms with Crippen LogP contribution in [0.1, 0.15) is 24.8 Å². The first kappa shape index (κ1) is 15.5. The van der Waals surface area contributed by atoms with Crippen LogP contribution in [0.25, 0.3) is 10.9 Å². The maximum atomic E-state index is 12.4. The summed E-state index contributed by atoms with van der Waals surface area (Å²) in [4.78, 5) is 28.7. The molecular weight excluding hydrogens is 292 g/mol. The van der Waals surface area contributed by atoms with E-state index >= 15 is 0 Å². The molecule has 2 aromatic rings. The molecule has 1 aliphatic rings. The molecule has 0 spiro atoms. The normalized spacial score (nSPS) is 17.3. The molecule has 0 radical (unpaired) electrons.